The first-order valence-corrected chi connectivity index (χ1v) is 15.4. The smallest absolute Gasteiger partial charge is 0.351 e. The number of hydrogen-bond acceptors (Lipinski definition) is 9. The van der Waals surface area contributed by atoms with Crippen LogP contribution < -0.4 is 5.32 Å². The molecule has 7 rings (SSSR count). The van der Waals surface area contributed by atoms with E-state index >= 15 is 0 Å². The van der Waals surface area contributed by atoms with Gasteiger partial charge in [-0.1, -0.05) is 91.0 Å². The SMILES string of the molecule is CC1(C)O[C@@H]2[C@H](O1)[C@@H](CO[P+](=O)O)O[C@H]2n1cnc2c(NC(c3ccccc3)(c3ccccc3)c3ccccc3)ncnc21. The molecule has 11 nitrogen and oxygen atoms in total. The number of hydrogen-bond donors (Lipinski definition) is 2. The van der Waals surface area contributed by atoms with Gasteiger partial charge in [0.15, 0.2) is 29.0 Å². The van der Waals surface area contributed by atoms with Crippen molar-refractivity contribution in [2.45, 2.75) is 49.7 Å². The van der Waals surface area contributed by atoms with Crippen LogP contribution in [-0.2, 0) is 28.8 Å². The Morgan fingerprint density at radius 1 is 0.886 bits per heavy atom. The average molecular weight is 613 g/mol. The van der Waals surface area contributed by atoms with E-state index in [0.717, 1.165) is 16.7 Å². The van der Waals surface area contributed by atoms with Gasteiger partial charge in [-0.2, -0.15) is 0 Å². The lowest BCUT2D eigenvalue weighted by atomic mass is 9.77. The fraction of sp³-hybridized carbons (Fsp3) is 0.281. The van der Waals surface area contributed by atoms with Crippen LogP contribution in [-0.4, -0.2) is 55.1 Å². The molecule has 2 saturated heterocycles. The first kappa shape index (κ1) is 28.7. The summed E-state index contributed by atoms with van der Waals surface area (Å²) < 4.78 is 36.7. The van der Waals surface area contributed by atoms with Gasteiger partial charge in [-0.25, -0.2) is 15.0 Å². The van der Waals surface area contributed by atoms with Gasteiger partial charge in [0.05, 0.1) is 6.33 Å². The Hall–Kier alpha value is -4.09. The normalized spacial score (nSPS) is 23.0. The van der Waals surface area contributed by atoms with Crippen LogP contribution in [0, 0.1) is 0 Å². The van der Waals surface area contributed by atoms with E-state index in [-0.39, 0.29) is 6.61 Å². The molecule has 4 heterocycles. The highest BCUT2D eigenvalue weighted by atomic mass is 31.1. The minimum atomic E-state index is -2.80. The minimum Gasteiger partial charge on any atom is -0.351 e. The molecule has 2 aromatic heterocycles. The van der Waals surface area contributed by atoms with Crippen molar-refractivity contribution >= 4 is 25.2 Å². The zero-order valence-corrected chi connectivity index (χ0v) is 25.0. The van der Waals surface area contributed by atoms with Gasteiger partial charge < -0.3 is 19.5 Å². The molecule has 0 bridgehead atoms. The summed E-state index contributed by atoms with van der Waals surface area (Å²) in [5.41, 5.74) is 3.31. The standard InChI is InChI=1S/C32H30N5O6P/c1-31(2)42-26-24(18-40-44(38)39)41-30(27(26)43-31)37-20-35-25-28(33-19-34-29(25)37)36-32(21-12-6-3-7-13-21,22-14-8-4-9-15-22)23-16-10-5-11-17-23/h3-17,19-20,24,26-27,30H,18H2,1-2H3,(H-,33,34,36,38,39)/p+1/t24-,26-,27-,30-/m1/s1. The summed E-state index contributed by atoms with van der Waals surface area (Å²) in [6.07, 6.45) is 0.762. The van der Waals surface area contributed by atoms with Crippen LogP contribution in [0.25, 0.3) is 11.2 Å². The third-order valence-electron chi connectivity index (χ3n) is 8.03. The van der Waals surface area contributed by atoms with Gasteiger partial charge in [0.2, 0.25) is 0 Å². The molecule has 0 radical (unpaired) electrons. The second-order valence-electron chi connectivity index (χ2n) is 11.2. The predicted molar refractivity (Wildman–Crippen MR) is 162 cm³/mol. The Labute approximate surface area is 254 Å². The molecule has 3 aromatic carbocycles. The van der Waals surface area contributed by atoms with Crippen LogP contribution in [0.15, 0.2) is 104 Å². The zero-order chi connectivity index (χ0) is 30.3. The molecule has 5 aromatic rings. The molecule has 2 fully saturated rings. The molecular weight excluding hydrogens is 581 g/mol. The summed E-state index contributed by atoms with van der Waals surface area (Å²) in [7, 11) is -2.80. The van der Waals surface area contributed by atoms with Crippen molar-refractivity contribution in [1.82, 2.24) is 19.5 Å². The number of benzene rings is 3. The van der Waals surface area contributed by atoms with Crippen molar-refractivity contribution in [3.8, 4) is 0 Å². The van der Waals surface area contributed by atoms with Gasteiger partial charge in [-0.15, -0.1) is 9.42 Å². The van der Waals surface area contributed by atoms with Crippen molar-refractivity contribution in [3.05, 3.63) is 120 Å². The van der Waals surface area contributed by atoms with Crippen LogP contribution in [0.4, 0.5) is 5.82 Å². The Kier molecular flexibility index (Phi) is 7.45. The van der Waals surface area contributed by atoms with Gasteiger partial charge in [0, 0.05) is 4.57 Å². The maximum atomic E-state index is 11.3. The van der Waals surface area contributed by atoms with E-state index in [1.54, 1.807) is 10.9 Å². The zero-order valence-electron chi connectivity index (χ0n) is 24.1. The van der Waals surface area contributed by atoms with Gasteiger partial charge in [-0.3, -0.25) is 4.57 Å². The third-order valence-corrected chi connectivity index (χ3v) is 8.40. The molecular formula is C32H31N5O6P+. The van der Waals surface area contributed by atoms with Crippen LogP contribution in [0.5, 0.6) is 0 Å². The van der Waals surface area contributed by atoms with Crippen molar-refractivity contribution in [1.29, 1.82) is 0 Å². The highest BCUT2D eigenvalue weighted by molar-refractivity contribution is 7.32. The van der Waals surface area contributed by atoms with Gasteiger partial charge >= 0.3 is 8.25 Å². The van der Waals surface area contributed by atoms with Gasteiger partial charge in [0.25, 0.3) is 0 Å². The summed E-state index contributed by atoms with van der Waals surface area (Å²) in [6, 6.07) is 30.7. The highest BCUT2D eigenvalue weighted by Gasteiger charge is 2.57. The number of ether oxygens (including phenoxy) is 3. The first-order chi connectivity index (χ1) is 21.4. The average Bonchev–Trinajstić information content (AvgIpc) is 3.71. The fourth-order valence-electron chi connectivity index (χ4n) is 6.24. The second kappa shape index (κ2) is 11.4. The number of rotatable bonds is 9. The fourth-order valence-corrected chi connectivity index (χ4v) is 6.52. The molecule has 5 atom stereocenters. The minimum absolute atomic E-state index is 0.134. The summed E-state index contributed by atoms with van der Waals surface area (Å²) in [4.78, 5) is 23.3. The molecule has 12 heteroatoms. The quantitative estimate of drug-likeness (QED) is 0.167. The molecule has 2 aliphatic rings. The van der Waals surface area contributed by atoms with E-state index in [1.165, 1.54) is 6.33 Å². The predicted octanol–water partition coefficient (Wildman–Crippen LogP) is 5.31. The number of aromatic nitrogens is 4. The Bertz CT molecular complexity index is 1680. The molecule has 224 valence electrons. The molecule has 2 N–H and O–H groups in total. The van der Waals surface area contributed by atoms with E-state index in [9.17, 15) is 9.46 Å². The summed E-state index contributed by atoms with van der Waals surface area (Å²) in [5, 5.41) is 3.79. The molecule has 0 saturated carbocycles. The monoisotopic (exact) mass is 612 g/mol. The van der Waals surface area contributed by atoms with E-state index in [4.69, 9.17) is 23.7 Å². The molecule has 2 aliphatic heterocycles. The lowest BCUT2D eigenvalue weighted by Gasteiger charge is -2.37. The number of anilines is 1. The van der Waals surface area contributed by atoms with Gasteiger partial charge in [-0.05, 0) is 30.5 Å². The number of nitrogens with one attached hydrogen (secondary N) is 1. The van der Waals surface area contributed by atoms with E-state index in [0.29, 0.717) is 17.0 Å². The summed E-state index contributed by atoms with van der Waals surface area (Å²) in [6.45, 7) is 3.50. The Morgan fingerprint density at radius 2 is 1.45 bits per heavy atom. The maximum Gasteiger partial charge on any atom is 0.694 e. The molecule has 0 spiro atoms. The lowest BCUT2D eigenvalue weighted by Crippen LogP contribution is -2.38. The molecule has 1 unspecified atom stereocenters. The van der Waals surface area contributed by atoms with Crippen molar-refractivity contribution in [3.63, 3.8) is 0 Å². The molecule has 44 heavy (non-hydrogen) atoms. The molecule has 0 aliphatic carbocycles. The number of fused-ring (bicyclic) bond motifs is 2. The number of nitrogens with zero attached hydrogens (tertiary/aromatic N) is 4. The maximum absolute atomic E-state index is 11.3. The first-order valence-electron chi connectivity index (χ1n) is 14.3. The van der Waals surface area contributed by atoms with Crippen LogP contribution in [0.3, 0.4) is 0 Å². The number of imidazole rings is 1. The highest BCUT2D eigenvalue weighted by Crippen LogP contribution is 2.45. The van der Waals surface area contributed by atoms with E-state index < -0.39 is 44.1 Å². The van der Waals surface area contributed by atoms with Crippen LogP contribution in [0.2, 0.25) is 0 Å². The summed E-state index contributed by atoms with van der Waals surface area (Å²) in [5.74, 6) is -0.351. The van der Waals surface area contributed by atoms with Crippen molar-refractivity contribution in [2.75, 3.05) is 11.9 Å². The largest absolute Gasteiger partial charge is 0.694 e. The Balaban J connectivity index is 1.33. The van der Waals surface area contributed by atoms with Gasteiger partial charge in [0.1, 0.15) is 36.8 Å². The summed E-state index contributed by atoms with van der Waals surface area (Å²) >= 11 is 0. The van der Waals surface area contributed by atoms with Crippen LogP contribution in [0.1, 0.15) is 36.8 Å². The second-order valence-corrected chi connectivity index (χ2v) is 11.9. The molecule has 0 amide bonds. The van der Waals surface area contributed by atoms with Crippen molar-refractivity contribution < 1.29 is 28.2 Å². The van der Waals surface area contributed by atoms with Crippen molar-refractivity contribution in [2.24, 2.45) is 0 Å². The van der Waals surface area contributed by atoms with E-state index in [1.807, 2.05) is 68.4 Å². The third kappa shape index (κ3) is 5.07. The topological polar surface area (TPSA) is 130 Å². The van der Waals surface area contributed by atoms with Crippen LogP contribution >= 0.6 is 8.25 Å². The lowest BCUT2D eigenvalue weighted by molar-refractivity contribution is -0.198. The van der Waals surface area contributed by atoms with E-state index in [2.05, 4.69) is 51.7 Å². The Morgan fingerprint density at radius 3 is 2.02 bits per heavy atom.